The van der Waals surface area contributed by atoms with Gasteiger partial charge in [0.25, 0.3) is 5.91 Å². The third kappa shape index (κ3) is 4.19. The molecule has 3 rings (SSSR count). The number of amides is 1. The minimum atomic E-state index is -0.368. The van der Waals surface area contributed by atoms with Crippen LogP contribution in [0.4, 0.5) is 0 Å². The van der Waals surface area contributed by atoms with Crippen molar-refractivity contribution in [2.45, 2.75) is 18.9 Å². The smallest absolute Gasteiger partial charge is 0.253 e. The van der Waals surface area contributed by atoms with E-state index in [1.807, 2.05) is 36.2 Å². The van der Waals surface area contributed by atoms with Crippen LogP contribution in [0.2, 0.25) is 0 Å². The highest BCUT2D eigenvalue weighted by Gasteiger charge is 2.33. The molecule has 0 saturated carbocycles. The van der Waals surface area contributed by atoms with E-state index in [1.54, 1.807) is 7.11 Å². The quantitative estimate of drug-likeness (QED) is 0.773. The number of hydrogen-bond acceptors (Lipinski definition) is 5. The van der Waals surface area contributed by atoms with Crippen LogP contribution in [0.1, 0.15) is 23.2 Å². The standard InChI is InChI=1S/C19H26N2O4/c1-20-11-12-25-17(13-20)19(23)21-9-7-15(8-10-21)18(22)14-3-5-16(24-2)6-4-14/h3-6,15,17H,7-13H2,1-2H3/t17-/m1/s1. The second kappa shape index (κ2) is 7.97. The summed E-state index contributed by atoms with van der Waals surface area (Å²) in [6.45, 7) is 3.34. The van der Waals surface area contributed by atoms with Gasteiger partial charge in [-0.3, -0.25) is 9.59 Å². The highest BCUT2D eigenvalue weighted by Crippen LogP contribution is 2.24. The number of Topliss-reactive ketones (excluding diaryl/α,β-unsaturated/α-hetero) is 1. The van der Waals surface area contributed by atoms with Crippen LogP contribution in [0.25, 0.3) is 0 Å². The number of benzene rings is 1. The molecule has 2 fully saturated rings. The molecule has 0 bridgehead atoms. The van der Waals surface area contributed by atoms with Gasteiger partial charge in [-0.05, 0) is 44.2 Å². The highest BCUT2D eigenvalue weighted by atomic mass is 16.5. The average Bonchev–Trinajstić information content (AvgIpc) is 2.67. The topological polar surface area (TPSA) is 59.1 Å². The normalized spacial score (nSPS) is 22.6. The van der Waals surface area contributed by atoms with E-state index < -0.39 is 0 Å². The molecular formula is C19H26N2O4. The molecule has 2 saturated heterocycles. The fourth-order valence-electron chi connectivity index (χ4n) is 3.48. The van der Waals surface area contributed by atoms with Crippen molar-refractivity contribution in [1.82, 2.24) is 9.80 Å². The summed E-state index contributed by atoms with van der Waals surface area (Å²) in [6, 6.07) is 7.24. The molecule has 6 heteroatoms. The molecule has 0 N–H and O–H groups in total. The SMILES string of the molecule is COc1ccc(C(=O)C2CCN(C(=O)[C@H]3CN(C)CCO3)CC2)cc1. The van der Waals surface area contributed by atoms with E-state index in [9.17, 15) is 9.59 Å². The summed E-state index contributed by atoms with van der Waals surface area (Å²) >= 11 is 0. The molecular weight excluding hydrogens is 320 g/mol. The van der Waals surface area contributed by atoms with Crippen LogP contribution in [0.3, 0.4) is 0 Å². The molecule has 2 aliphatic heterocycles. The maximum absolute atomic E-state index is 12.6. The van der Waals surface area contributed by atoms with E-state index in [0.717, 1.165) is 12.3 Å². The number of carbonyl (C=O) groups is 2. The first kappa shape index (κ1) is 17.9. The Hall–Kier alpha value is -1.92. The summed E-state index contributed by atoms with van der Waals surface area (Å²) in [5.74, 6) is 0.937. The third-order valence-electron chi connectivity index (χ3n) is 5.10. The first-order chi connectivity index (χ1) is 12.1. The van der Waals surface area contributed by atoms with Crippen LogP contribution in [-0.2, 0) is 9.53 Å². The van der Waals surface area contributed by atoms with Gasteiger partial charge in [-0.15, -0.1) is 0 Å². The van der Waals surface area contributed by atoms with Crippen LogP contribution in [-0.4, -0.2) is 74.5 Å². The molecule has 6 nitrogen and oxygen atoms in total. The first-order valence-electron chi connectivity index (χ1n) is 8.85. The average molecular weight is 346 g/mol. The zero-order valence-electron chi connectivity index (χ0n) is 14.9. The third-order valence-corrected chi connectivity index (χ3v) is 5.10. The van der Waals surface area contributed by atoms with Gasteiger partial charge in [-0.1, -0.05) is 0 Å². The van der Waals surface area contributed by atoms with Gasteiger partial charge in [0.15, 0.2) is 5.78 Å². The van der Waals surface area contributed by atoms with Gasteiger partial charge < -0.3 is 19.3 Å². The Morgan fingerprint density at radius 2 is 1.80 bits per heavy atom. The number of hydrogen-bond donors (Lipinski definition) is 0. The monoisotopic (exact) mass is 346 g/mol. The largest absolute Gasteiger partial charge is 0.497 e. The van der Waals surface area contributed by atoms with Gasteiger partial charge in [-0.2, -0.15) is 0 Å². The number of methoxy groups -OCH3 is 1. The number of ether oxygens (including phenoxy) is 2. The number of piperidine rings is 1. The lowest BCUT2D eigenvalue weighted by Gasteiger charge is -2.36. The molecule has 0 unspecified atom stereocenters. The van der Waals surface area contributed by atoms with Crippen molar-refractivity contribution in [2.75, 3.05) is 46.9 Å². The van der Waals surface area contributed by atoms with Crippen LogP contribution in [0.15, 0.2) is 24.3 Å². The molecule has 1 amide bonds. The first-order valence-corrected chi connectivity index (χ1v) is 8.85. The number of likely N-dealkylation sites (tertiary alicyclic amines) is 1. The molecule has 1 aromatic rings. The molecule has 0 aromatic heterocycles. The van der Waals surface area contributed by atoms with Gasteiger partial charge in [0, 0.05) is 37.7 Å². The van der Waals surface area contributed by atoms with E-state index in [4.69, 9.17) is 9.47 Å². The maximum atomic E-state index is 12.6. The Balaban J connectivity index is 1.54. The minimum absolute atomic E-state index is 0.0209. The van der Waals surface area contributed by atoms with Gasteiger partial charge in [-0.25, -0.2) is 0 Å². The second-order valence-electron chi connectivity index (χ2n) is 6.81. The number of carbonyl (C=O) groups excluding carboxylic acids is 2. The van der Waals surface area contributed by atoms with E-state index in [2.05, 4.69) is 4.90 Å². The van der Waals surface area contributed by atoms with Gasteiger partial charge in [0.1, 0.15) is 11.9 Å². The van der Waals surface area contributed by atoms with Crippen LogP contribution in [0, 0.1) is 5.92 Å². The van der Waals surface area contributed by atoms with Crippen LogP contribution < -0.4 is 4.74 Å². The summed E-state index contributed by atoms with van der Waals surface area (Å²) in [5.41, 5.74) is 0.711. The molecule has 2 heterocycles. The van der Waals surface area contributed by atoms with Crippen molar-refractivity contribution in [1.29, 1.82) is 0 Å². The molecule has 2 aliphatic rings. The highest BCUT2D eigenvalue weighted by molar-refractivity contribution is 5.98. The summed E-state index contributed by atoms with van der Waals surface area (Å²) in [5, 5.41) is 0. The molecule has 1 atom stereocenters. The van der Waals surface area contributed by atoms with Crippen molar-refractivity contribution in [2.24, 2.45) is 5.92 Å². The minimum Gasteiger partial charge on any atom is -0.497 e. The predicted octanol–water partition coefficient (Wildman–Crippen LogP) is 1.45. The zero-order valence-corrected chi connectivity index (χ0v) is 14.9. The number of likely N-dealkylation sites (N-methyl/N-ethyl adjacent to an activating group) is 1. The van der Waals surface area contributed by atoms with Crippen molar-refractivity contribution in [3.8, 4) is 5.75 Å². The Kier molecular flexibility index (Phi) is 5.71. The lowest BCUT2D eigenvalue weighted by atomic mass is 9.88. The van der Waals surface area contributed by atoms with Crippen molar-refractivity contribution >= 4 is 11.7 Å². The van der Waals surface area contributed by atoms with Crippen LogP contribution >= 0.6 is 0 Å². The van der Waals surface area contributed by atoms with Gasteiger partial charge in [0.05, 0.1) is 13.7 Å². The Bertz CT molecular complexity index is 608. The fraction of sp³-hybridized carbons (Fsp3) is 0.579. The maximum Gasteiger partial charge on any atom is 0.253 e. The van der Waals surface area contributed by atoms with Crippen LogP contribution in [0.5, 0.6) is 5.75 Å². The Morgan fingerprint density at radius 3 is 2.40 bits per heavy atom. The molecule has 0 aliphatic carbocycles. The van der Waals surface area contributed by atoms with E-state index in [1.165, 1.54) is 0 Å². The van der Waals surface area contributed by atoms with Gasteiger partial charge >= 0.3 is 0 Å². The summed E-state index contributed by atoms with van der Waals surface area (Å²) < 4.78 is 10.7. The van der Waals surface area contributed by atoms with Gasteiger partial charge in [0.2, 0.25) is 0 Å². The van der Waals surface area contributed by atoms with Crippen molar-refractivity contribution in [3.63, 3.8) is 0 Å². The molecule has 0 spiro atoms. The number of rotatable bonds is 4. The Labute approximate surface area is 148 Å². The summed E-state index contributed by atoms with van der Waals surface area (Å²) in [6.07, 6.45) is 1.05. The number of nitrogens with zero attached hydrogens (tertiary/aromatic N) is 2. The van der Waals surface area contributed by atoms with E-state index in [-0.39, 0.29) is 23.7 Å². The molecule has 136 valence electrons. The Morgan fingerprint density at radius 1 is 1.12 bits per heavy atom. The second-order valence-corrected chi connectivity index (χ2v) is 6.81. The fourth-order valence-corrected chi connectivity index (χ4v) is 3.48. The summed E-state index contributed by atoms with van der Waals surface area (Å²) in [7, 11) is 3.61. The molecule has 1 aromatic carbocycles. The molecule has 0 radical (unpaired) electrons. The predicted molar refractivity (Wildman–Crippen MR) is 93.9 cm³/mol. The van der Waals surface area contributed by atoms with Crippen molar-refractivity contribution < 1.29 is 19.1 Å². The summed E-state index contributed by atoms with van der Waals surface area (Å²) in [4.78, 5) is 29.2. The molecule has 25 heavy (non-hydrogen) atoms. The zero-order chi connectivity index (χ0) is 17.8. The number of ketones is 1. The van der Waals surface area contributed by atoms with E-state index >= 15 is 0 Å². The number of morpholine rings is 1. The lowest BCUT2D eigenvalue weighted by molar-refractivity contribution is -0.150. The van der Waals surface area contributed by atoms with Crippen molar-refractivity contribution in [3.05, 3.63) is 29.8 Å². The lowest BCUT2D eigenvalue weighted by Crippen LogP contribution is -2.52. The van der Waals surface area contributed by atoms with E-state index in [0.29, 0.717) is 44.6 Å².